The second-order valence-corrected chi connectivity index (χ2v) is 8.49. The highest BCUT2D eigenvalue weighted by Crippen LogP contribution is 2.25. The van der Waals surface area contributed by atoms with Crippen molar-refractivity contribution in [2.24, 2.45) is 5.92 Å². The van der Waals surface area contributed by atoms with Crippen LogP contribution in [0, 0.1) is 5.92 Å². The number of benzene rings is 1. The number of nitrogens with zero attached hydrogens (tertiary/aromatic N) is 1. The van der Waals surface area contributed by atoms with Gasteiger partial charge < -0.3 is 5.73 Å². The lowest BCUT2D eigenvalue weighted by atomic mass is 10.1. The van der Waals surface area contributed by atoms with Crippen molar-refractivity contribution in [3.63, 3.8) is 0 Å². The van der Waals surface area contributed by atoms with Crippen molar-refractivity contribution < 1.29 is 8.42 Å². The zero-order chi connectivity index (χ0) is 15.3. The number of sulfonamides is 1. The van der Waals surface area contributed by atoms with Crippen LogP contribution in [0.5, 0.6) is 0 Å². The lowest BCUT2D eigenvalue weighted by Gasteiger charge is -2.27. The zero-order valence-electron chi connectivity index (χ0n) is 12.5. The number of nitrogen functional groups attached to an aromatic ring is 1. The van der Waals surface area contributed by atoms with Gasteiger partial charge in [0.05, 0.1) is 5.75 Å². The monoisotopic (exact) mass is 316 g/mol. The van der Waals surface area contributed by atoms with Gasteiger partial charge in [0.25, 0.3) is 0 Å². The average molecular weight is 316 g/mol. The first-order chi connectivity index (χ1) is 9.25. The molecule has 0 radical (unpaired) electrons. The van der Waals surface area contributed by atoms with Gasteiger partial charge in [-0.1, -0.05) is 26.0 Å². The second-order valence-electron chi connectivity index (χ2n) is 5.20. The molecule has 0 aliphatic rings. The molecule has 114 valence electrons. The van der Waals surface area contributed by atoms with Gasteiger partial charge in [0.1, 0.15) is 0 Å². The van der Waals surface area contributed by atoms with Crippen molar-refractivity contribution in [1.29, 1.82) is 0 Å². The minimum atomic E-state index is -3.22. The Bertz CT molecular complexity index is 530. The molecule has 1 aromatic carbocycles. The van der Waals surface area contributed by atoms with E-state index in [-0.39, 0.29) is 11.8 Å². The smallest absolute Gasteiger partial charge is 0.214 e. The van der Waals surface area contributed by atoms with Crippen LogP contribution in [0.25, 0.3) is 0 Å². The molecule has 0 saturated heterocycles. The SMILES string of the molecule is CC(C)C(C)N(C)S(=O)(=O)CCSc1ccccc1N. The number of nitrogens with two attached hydrogens (primary N) is 1. The van der Waals surface area contributed by atoms with Crippen LogP contribution in [-0.2, 0) is 10.0 Å². The molecule has 0 bridgehead atoms. The van der Waals surface area contributed by atoms with E-state index in [4.69, 9.17) is 5.73 Å². The average Bonchev–Trinajstić information content (AvgIpc) is 2.39. The second kappa shape index (κ2) is 7.33. The quantitative estimate of drug-likeness (QED) is 0.620. The van der Waals surface area contributed by atoms with E-state index < -0.39 is 10.0 Å². The van der Waals surface area contributed by atoms with Crippen molar-refractivity contribution in [2.45, 2.75) is 31.7 Å². The summed E-state index contributed by atoms with van der Waals surface area (Å²) < 4.78 is 25.9. The molecule has 6 heteroatoms. The Balaban J connectivity index is 2.58. The molecule has 0 heterocycles. The van der Waals surface area contributed by atoms with E-state index in [1.54, 1.807) is 7.05 Å². The lowest BCUT2D eigenvalue weighted by molar-refractivity contribution is 0.316. The highest BCUT2D eigenvalue weighted by atomic mass is 32.2. The molecule has 0 aromatic heterocycles. The number of hydrogen-bond donors (Lipinski definition) is 1. The Morgan fingerprint density at radius 3 is 2.40 bits per heavy atom. The zero-order valence-corrected chi connectivity index (χ0v) is 14.2. The van der Waals surface area contributed by atoms with Crippen LogP contribution in [0.1, 0.15) is 20.8 Å². The van der Waals surface area contributed by atoms with Gasteiger partial charge in [-0.25, -0.2) is 12.7 Å². The van der Waals surface area contributed by atoms with E-state index >= 15 is 0 Å². The summed E-state index contributed by atoms with van der Waals surface area (Å²) in [5.41, 5.74) is 6.53. The van der Waals surface area contributed by atoms with Crippen LogP contribution in [-0.4, -0.2) is 37.3 Å². The molecule has 2 N–H and O–H groups in total. The minimum absolute atomic E-state index is 0.00629. The van der Waals surface area contributed by atoms with Crippen molar-refractivity contribution in [3.05, 3.63) is 24.3 Å². The minimum Gasteiger partial charge on any atom is -0.398 e. The van der Waals surface area contributed by atoms with Crippen LogP contribution in [0.3, 0.4) is 0 Å². The van der Waals surface area contributed by atoms with Gasteiger partial charge in [-0.3, -0.25) is 0 Å². The molecule has 1 rings (SSSR count). The van der Waals surface area contributed by atoms with Gasteiger partial charge in [0.2, 0.25) is 10.0 Å². The van der Waals surface area contributed by atoms with E-state index in [1.165, 1.54) is 16.1 Å². The van der Waals surface area contributed by atoms with Gasteiger partial charge in [-0.15, -0.1) is 11.8 Å². The molecule has 0 aliphatic heterocycles. The van der Waals surface area contributed by atoms with Crippen molar-refractivity contribution in [1.82, 2.24) is 4.31 Å². The molecule has 0 aliphatic carbocycles. The summed E-state index contributed by atoms with van der Waals surface area (Å²) in [5.74, 6) is 0.929. The van der Waals surface area contributed by atoms with Crippen molar-refractivity contribution >= 4 is 27.5 Å². The van der Waals surface area contributed by atoms with Crippen LogP contribution in [0.4, 0.5) is 5.69 Å². The molecule has 0 fully saturated rings. The Kier molecular flexibility index (Phi) is 6.36. The van der Waals surface area contributed by atoms with E-state index in [0.717, 1.165) is 4.90 Å². The number of para-hydroxylation sites is 1. The van der Waals surface area contributed by atoms with Crippen molar-refractivity contribution in [3.8, 4) is 0 Å². The van der Waals surface area contributed by atoms with Crippen LogP contribution in [0.2, 0.25) is 0 Å². The molecule has 1 atom stereocenters. The van der Waals surface area contributed by atoms with E-state index in [0.29, 0.717) is 17.4 Å². The predicted octanol–water partition coefficient (Wildman–Crippen LogP) is 2.67. The summed E-state index contributed by atoms with van der Waals surface area (Å²) in [4.78, 5) is 0.933. The Labute approximate surface area is 126 Å². The van der Waals surface area contributed by atoms with Gasteiger partial charge in [-0.2, -0.15) is 0 Å². The number of hydrogen-bond acceptors (Lipinski definition) is 4. The fraction of sp³-hybridized carbons (Fsp3) is 0.571. The highest BCUT2D eigenvalue weighted by molar-refractivity contribution is 8.00. The molecule has 0 amide bonds. The number of rotatable bonds is 7. The third-order valence-electron chi connectivity index (χ3n) is 3.49. The topological polar surface area (TPSA) is 63.4 Å². The molecule has 1 aromatic rings. The summed E-state index contributed by atoms with van der Waals surface area (Å²) in [7, 11) is -1.56. The van der Waals surface area contributed by atoms with Crippen LogP contribution < -0.4 is 5.73 Å². The highest BCUT2D eigenvalue weighted by Gasteiger charge is 2.24. The van der Waals surface area contributed by atoms with E-state index in [9.17, 15) is 8.42 Å². The third-order valence-corrected chi connectivity index (χ3v) is 6.77. The molecule has 0 saturated carbocycles. The Hall–Kier alpha value is -0.720. The summed E-state index contributed by atoms with van der Waals surface area (Å²) in [6.07, 6.45) is 0. The fourth-order valence-electron chi connectivity index (χ4n) is 1.69. The Morgan fingerprint density at radius 2 is 1.85 bits per heavy atom. The molecule has 1 unspecified atom stereocenters. The summed E-state index contributed by atoms with van der Waals surface area (Å²) >= 11 is 1.48. The fourth-order valence-corrected chi connectivity index (χ4v) is 4.53. The van der Waals surface area contributed by atoms with Gasteiger partial charge in [-0.05, 0) is 25.0 Å². The van der Waals surface area contributed by atoms with Crippen LogP contribution >= 0.6 is 11.8 Å². The van der Waals surface area contributed by atoms with Gasteiger partial charge in [0, 0.05) is 29.4 Å². The first kappa shape index (κ1) is 17.3. The normalized spacial score (nSPS) is 13.9. The van der Waals surface area contributed by atoms with Crippen LogP contribution in [0.15, 0.2) is 29.2 Å². The third kappa shape index (κ3) is 4.68. The molecule has 0 spiro atoms. The maximum atomic E-state index is 12.2. The molecule has 20 heavy (non-hydrogen) atoms. The summed E-state index contributed by atoms with van der Waals surface area (Å²) in [5, 5.41) is 0. The maximum Gasteiger partial charge on any atom is 0.214 e. The van der Waals surface area contributed by atoms with E-state index in [1.807, 2.05) is 45.0 Å². The number of anilines is 1. The van der Waals surface area contributed by atoms with Gasteiger partial charge >= 0.3 is 0 Å². The lowest BCUT2D eigenvalue weighted by Crippen LogP contribution is -2.39. The molecular weight excluding hydrogens is 292 g/mol. The molecule has 4 nitrogen and oxygen atoms in total. The van der Waals surface area contributed by atoms with Crippen molar-refractivity contribution in [2.75, 3.05) is 24.3 Å². The predicted molar refractivity (Wildman–Crippen MR) is 87.4 cm³/mol. The van der Waals surface area contributed by atoms with Gasteiger partial charge in [0.15, 0.2) is 0 Å². The summed E-state index contributed by atoms with van der Waals surface area (Å²) in [6.45, 7) is 5.98. The first-order valence-corrected chi connectivity index (χ1v) is 9.28. The number of thioether (sulfide) groups is 1. The first-order valence-electron chi connectivity index (χ1n) is 6.68. The standard InChI is InChI=1S/C14H24N2O2S2/c1-11(2)12(3)16(4)20(17,18)10-9-19-14-8-6-5-7-13(14)15/h5-8,11-12H,9-10,15H2,1-4H3. The largest absolute Gasteiger partial charge is 0.398 e. The summed E-state index contributed by atoms with van der Waals surface area (Å²) in [6, 6.07) is 7.51. The molecular formula is C14H24N2O2S2. The maximum absolute atomic E-state index is 12.2. The Morgan fingerprint density at radius 1 is 1.25 bits per heavy atom. The van der Waals surface area contributed by atoms with E-state index in [2.05, 4.69) is 0 Å².